The molecule has 0 aromatic carbocycles. The van der Waals surface area contributed by atoms with Crippen LogP contribution in [-0.4, -0.2) is 27.8 Å². The standard InChI is InChI=1S/C11H12BrN3O2/c1-6-5-13-15(2)9(6)7-4-8(11(16)17-3)14-10(7)12/h4-5,14H,1-3H3. The number of aryl methyl sites for hydroxylation is 2. The summed E-state index contributed by atoms with van der Waals surface area (Å²) < 4.78 is 7.18. The maximum atomic E-state index is 11.4. The number of rotatable bonds is 2. The number of nitrogens with zero attached hydrogens (tertiary/aromatic N) is 2. The van der Waals surface area contributed by atoms with Crippen molar-refractivity contribution in [3.05, 3.63) is 28.1 Å². The van der Waals surface area contributed by atoms with Crippen LogP contribution in [0.4, 0.5) is 0 Å². The third-order valence-corrected chi connectivity index (χ3v) is 3.18. The minimum Gasteiger partial charge on any atom is -0.464 e. The third-order valence-electron chi connectivity index (χ3n) is 2.55. The Morgan fingerprint density at radius 1 is 1.59 bits per heavy atom. The Morgan fingerprint density at radius 2 is 2.29 bits per heavy atom. The lowest BCUT2D eigenvalue weighted by atomic mass is 10.1. The molecule has 0 aliphatic rings. The lowest BCUT2D eigenvalue weighted by Gasteiger charge is -2.01. The largest absolute Gasteiger partial charge is 0.464 e. The van der Waals surface area contributed by atoms with Gasteiger partial charge in [0.2, 0.25) is 0 Å². The summed E-state index contributed by atoms with van der Waals surface area (Å²) in [5.41, 5.74) is 3.31. The number of esters is 1. The van der Waals surface area contributed by atoms with Crippen molar-refractivity contribution >= 4 is 21.9 Å². The van der Waals surface area contributed by atoms with Crippen LogP contribution in [0.2, 0.25) is 0 Å². The fourth-order valence-corrected chi connectivity index (χ4v) is 2.27. The summed E-state index contributed by atoms with van der Waals surface area (Å²) in [5.74, 6) is -0.392. The number of hydrogen-bond donors (Lipinski definition) is 1. The first-order valence-electron chi connectivity index (χ1n) is 5.00. The van der Waals surface area contributed by atoms with Gasteiger partial charge in [-0.2, -0.15) is 5.10 Å². The minimum atomic E-state index is -0.392. The number of carbonyl (C=O) groups is 1. The van der Waals surface area contributed by atoms with Gasteiger partial charge in [0, 0.05) is 12.6 Å². The summed E-state index contributed by atoms with van der Waals surface area (Å²) in [5, 5.41) is 4.17. The Labute approximate surface area is 107 Å². The fraction of sp³-hybridized carbons (Fsp3) is 0.273. The number of ether oxygens (including phenoxy) is 1. The highest BCUT2D eigenvalue weighted by Crippen LogP contribution is 2.30. The molecule has 1 N–H and O–H groups in total. The van der Waals surface area contributed by atoms with E-state index in [0.717, 1.165) is 21.4 Å². The number of nitrogens with one attached hydrogen (secondary N) is 1. The van der Waals surface area contributed by atoms with Gasteiger partial charge in [-0.3, -0.25) is 4.68 Å². The van der Waals surface area contributed by atoms with E-state index in [0.29, 0.717) is 5.69 Å². The van der Waals surface area contributed by atoms with E-state index in [1.807, 2.05) is 14.0 Å². The highest BCUT2D eigenvalue weighted by molar-refractivity contribution is 9.10. The van der Waals surface area contributed by atoms with Crippen LogP contribution in [-0.2, 0) is 11.8 Å². The molecule has 5 nitrogen and oxygen atoms in total. The van der Waals surface area contributed by atoms with Crippen molar-refractivity contribution in [3.8, 4) is 11.3 Å². The van der Waals surface area contributed by atoms with Crippen LogP contribution in [0, 0.1) is 6.92 Å². The van der Waals surface area contributed by atoms with Crippen LogP contribution in [0.3, 0.4) is 0 Å². The molecule has 2 aromatic heterocycles. The average Bonchev–Trinajstić information content (AvgIpc) is 2.82. The van der Waals surface area contributed by atoms with E-state index in [9.17, 15) is 4.79 Å². The molecule has 6 heteroatoms. The summed E-state index contributed by atoms with van der Waals surface area (Å²) in [6.07, 6.45) is 1.78. The van der Waals surface area contributed by atoms with Crippen molar-refractivity contribution in [2.24, 2.45) is 7.05 Å². The maximum absolute atomic E-state index is 11.4. The van der Waals surface area contributed by atoms with E-state index in [2.05, 4.69) is 30.7 Å². The predicted octanol–water partition coefficient (Wildman–Crippen LogP) is 2.27. The molecule has 2 rings (SSSR count). The zero-order chi connectivity index (χ0) is 12.6. The van der Waals surface area contributed by atoms with Crippen molar-refractivity contribution in [2.45, 2.75) is 6.92 Å². The zero-order valence-corrected chi connectivity index (χ0v) is 11.3. The van der Waals surface area contributed by atoms with Crippen molar-refractivity contribution in [3.63, 3.8) is 0 Å². The van der Waals surface area contributed by atoms with Gasteiger partial charge >= 0.3 is 5.97 Å². The maximum Gasteiger partial charge on any atom is 0.354 e. The van der Waals surface area contributed by atoms with Gasteiger partial charge in [0.25, 0.3) is 0 Å². The normalized spacial score (nSPS) is 10.6. The van der Waals surface area contributed by atoms with Gasteiger partial charge in [-0.05, 0) is 34.5 Å². The highest BCUT2D eigenvalue weighted by Gasteiger charge is 2.17. The SMILES string of the molecule is COC(=O)c1cc(-c2c(C)cnn2C)c(Br)[nH]1. The molecule has 17 heavy (non-hydrogen) atoms. The molecule has 0 amide bonds. The summed E-state index contributed by atoms with van der Waals surface area (Å²) in [4.78, 5) is 14.4. The lowest BCUT2D eigenvalue weighted by molar-refractivity contribution is 0.0594. The number of H-pyrrole nitrogens is 1. The van der Waals surface area contributed by atoms with Crippen LogP contribution >= 0.6 is 15.9 Å². The molecule has 0 saturated carbocycles. The molecule has 0 saturated heterocycles. The average molecular weight is 298 g/mol. The Balaban J connectivity index is 2.54. The molecule has 0 unspecified atom stereocenters. The molecule has 0 fully saturated rings. The van der Waals surface area contributed by atoms with Crippen LogP contribution < -0.4 is 0 Å². The number of aromatic nitrogens is 3. The molecule has 0 radical (unpaired) electrons. The third kappa shape index (κ3) is 2.00. The smallest absolute Gasteiger partial charge is 0.354 e. The summed E-state index contributed by atoms with van der Waals surface area (Å²) in [6, 6.07) is 1.75. The Kier molecular flexibility index (Phi) is 3.06. The number of carbonyl (C=O) groups excluding carboxylic acids is 1. The second-order valence-electron chi connectivity index (χ2n) is 3.70. The number of aromatic amines is 1. The monoisotopic (exact) mass is 297 g/mol. The lowest BCUT2D eigenvalue weighted by Crippen LogP contribution is -2.00. The molecule has 0 aliphatic carbocycles. The minimum absolute atomic E-state index is 0.392. The van der Waals surface area contributed by atoms with Crippen molar-refractivity contribution < 1.29 is 9.53 Å². The van der Waals surface area contributed by atoms with Crippen molar-refractivity contribution in [2.75, 3.05) is 7.11 Å². The number of methoxy groups -OCH3 is 1. The molecule has 0 atom stereocenters. The van der Waals surface area contributed by atoms with E-state index in [4.69, 9.17) is 0 Å². The first kappa shape index (κ1) is 11.9. The second-order valence-corrected chi connectivity index (χ2v) is 4.50. The Bertz CT molecular complexity index is 552. The van der Waals surface area contributed by atoms with Gasteiger partial charge < -0.3 is 9.72 Å². The van der Waals surface area contributed by atoms with E-state index in [1.54, 1.807) is 16.9 Å². The molecule has 0 bridgehead atoms. The molecule has 0 spiro atoms. The van der Waals surface area contributed by atoms with E-state index in [-0.39, 0.29) is 0 Å². The molecule has 2 heterocycles. The molecular formula is C11H12BrN3O2. The van der Waals surface area contributed by atoms with Crippen LogP contribution in [0.1, 0.15) is 16.1 Å². The van der Waals surface area contributed by atoms with Gasteiger partial charge in [0.05, 0.1) is 23.6 Å². The summed E-state index contributed by atoms with van der Waals surface area (Å²) in [6.45, 7) is 1.97. The fourth-order valence-electron chi connectivity index (χ4n) is 1.76. The Morgan fingerprint density at radius 3 is 2.82 bits per heavy atom. The van der Waals surface area contributed by atoms with Gasteiger partial charge in [-0.1, -0.05) is 0 Å². The van der Waals surface area contributed by atoms with Crippen LogP contribution in [0.15, 0.2) is 16.9 Å². The van der Waals surface area contributed by atoms with Crippen LogP contribution in [0.5, 0.6) is 0 Å². The van der Waals surface area contributed by atoms with Crippen LogP contribution in [0.25, 0.3) is 11.3 Å². The van der Waals surface area contributed by atoms with E-state index < -0.39 is 5.97 Å². The Hall–Kier alpha value is -1.56. The van der Waals surface area contributed by atoms with E-state index in [1.165, 1.54) is 7.11 Å². The number of halogens is 1. The van der Waals surface area contributed by atoms with Gasteiger partial charge in [-0.25, -0.2) is 4.79 Å². The van der Waals surface area contributed by atoms with Gasteiger partial charge in [0.1, 0.15) is 5.69 Å². The van der Waals surface area contributed by atoms with Gasteiger partial charge in [0.15, 0.2) is 0 Å². The molecular weight excluding hydrogens is 286 g/mol. The number of hydrogen-bond acceptors (Lipinski definition) is 3. The highest BCUT2D eigenvalue weighted by atomic mass is 79.9. The first-order chi connectivity index (χ1) is 8.04. The topological polar surface area (TPSA) is 59.9 Å². The second kappa shape index (κ2) is 4.37. The summed E-state index contributed by atoms with van der Waals surface area (Å²) in [7, 11) is 3.21. The van der Waals surface area contributed by atoms with Gasteiger partial charge in [-0.15, -0.1) is 0 Å². The molecule has 0 aliphatic heterocycles. The first-order valence-corrected chi connectivity index (χ1v) is 5.79. The van der Waals surface area contributed by atoms with E-state index >= 15 is 0 Å². The zero-order valence-electron chi connectivity index (χ0n) is 9.74. The molecule has 2 aromatic rings. The molecule has 90 valence electrons. The predicted molar refractivity (Wildman–Crippen MR) is 66.8 cm³/mol. The quantitative estimate of drug-likeness (QED) is 0.865. The van der Waals surface area contributed by atoms with Crippen molar-refractivity contribution in [1.29, 1.82) is 0 Å². The summed E-state index contributed by atoms with van der Waals surface area (Å²) >= 11 is 3.40. The van der Waals surface area contributed by atoms with Crippen molar-refractivity contribution in [1.82, 2.24) is 14.8 Å².